The predicted octanol–water partition coefficient (Wildman–Crippen LogP) is 3.72. The Labute approximate surface area is 119 Å². The zero-order valence-corrected chi connectivity index (χ0v) is 11.7. The quantitative estimate of drug-likeness (QED) is 0.797. The number of fused-ring (bicyclic) bond motifs is 1. The summed E-state index contributed by atoms with van der Waals surface area (Å²) >= 11 is 0. The Balaban J connectivity index is 1.84. The summed E-state index contributed by atoms with van der Waals surface area (Å²) in [7, 11) is 1.80. The van der Waals surface area contributed by atoms with Gasteiger partial charge in [-0.3, -0.25) is 9.78 Å². The molecule has 0 saturated heterocycles. The van der Waals surface area contributed by atoms with Gasteiger partial charge in [0.15, 0.2) is 0 Å². The van der Waals surface area contributed by atoms with Crippen molar-refractivity contribution in [3.63, 3.8) is 0 Å². The molecule has 1 aliphatic rings. The maximum absolute atomic E-state index is 10.8. The summed E-state index contributed by atoms with van der Waals surface area (Å²) in [5.74, 6) is 0.538. The van der Waals surface area contributed by atoms with Crippen LogP contribution in [0.5, 0.6) is 0 Å². The van der Waals surface area contributed by atoms with Crippen molar-refractivity contribution in [2.75, 3.05) is 7.11 Å². The molecule has 104 valence electrons. The van der Waals surface area contributed by atoms with E-state index in [-0.39, 0.29) is 0 Å². The van der Waals surface area contributed by atoms with E-state index in [1.54, 1.807) is 7.11 Å². The molecule has 0 radical (unpaired) electrons. The lowest BCUT2D eigenvalue weighted by Crippen LogP contribution is -2.19. The number of hydrogen-bond acceptors (Lipinski definition) is 3. The molecule has 1 aliphatic carbocycles. The predicted molar refractivity (Wildman–Crippen MR) is 79.1 cm³/mol. The van der Waals surface area contributed by atoms with Crippen LogP contribution in [0.15, 0.2) is 30.3 Å². The van der Waals surface area contributed by atoms with Crippen LogP contribution in [0.3, 0.4) is 0 Å². The zero-order valence-electron chi connectivity index (χ0n) is 11.7. The van der Waals surface area contributed by atoms with E-state index < -0.39 is 0 Å². The Morgan fingerprint density at radius 1 is 1.15 bits per heavy atom. The first-order valence-corrected chi connectivity index (χ1v) is 7.19. The molecular weight excluding hydrogens is 250 g/mol. The van der Waals surface area contributed by atoms with Gasteiger partial charge in [0.05, 0.1) is 11.6 Å². The fourth-order valence-corrected chi connectivity index (χ4v) is 3.05. The molecule has 3 rings (SSSR count). The summed E-state index contributed by atoms with van der Waals surface area (Å²) in [4.78, 5) is 15.6. The van der Waals surface area contributed by atoms with E-state index in [1.807, 2.05) is 18.2 Å². The SMILES string of the molecule is CO[C@H]1CC[C@@H](c2ccc3cc(C=O)ccc3n2)CC1. The number of carbonyl (C=O) groups is 1. The van der Waals surface area contributed by atoms with Crippen LogP contribution in [0.2, 0.25) is 0 Å². The second kappa shape index (κ2) is 5.71. The standard InChI is InChI=1S/C17H19NO2/c1-20-15-6-3-13(4-7-15)16-9-5-14-10-12(11-19)2-8-17(14)18-16/h2,5,8-11,13,15H,3-4,6-7H2,1H3/t13-,15+. The molecule has 1 fully saturated rings. The molecule has 0 atom stereocenters. The number of nitrogens with zero attached hydrogens (tertiary/aromatic N) is 1. The first-order chi connectivity index (χ1) is 9.80. The minimum Gasteiger partial charge on any atom is -0.381 e. The maximum atomic E-state index is 10.8. The number of hydrogen-bond donors (Lipinski definition) is 0. The Morgan fingerprint density at radius 2 is 1.95 bits per heavy atom. The number of pyridine rings is 1. The molecule has 3 heteroatoms. The van der Waals surface area contributed by atoms with Gasteiger partial charge in [-0.25, -0.2) is 0 Å². The van der Waals surface area contributed by atoms with Crippen LogP contribution in [0.1, 0.15) is 47.7 Å². The van der Waals surface area contributed by atoms with Gasteiger partial charge in [-0.15, -0.1) is 0 Å². The maximum Gasteiger partial charge on any atom is 0.150 e. The first-order valence-electron chi connectivity index (χ1n) is 7.19. The molecule has 3 nitrogen and oxygen atoms in total. The van der Waals surface area contributed by atoms with Gasteiger partial charge >= 0.3 is 0 Å². The fourth-order valence-electron chi connectivity index (χ4n) is 3.05. The van der Waals surface area contributed by atoms with Crippen molar-refractivity contribution in [1.29, 1.82) is 0 Å². The van der Waals surface area contributed by atoms with E-state index in [2.05, 4.69) is 12.1 Å². The first kappa shape index (κ1) is 13.3. The van der Waals surface area contributed by atoms with Gasteiger partial charge in [0.2, 0.25) is 0 Å². The largest absolute Gasteiger partial charge is 0.381 e. The second-order valence-corrected chi connectivity index (χ2v) is 5.52. The minimum absolute atomic E-state index is 0.418. The summed E-state index contributed by atoms with van der Waals surface area (Å²) in [5, 5.41) is 1.03. The average molecular weight is 269 g/mol. The molecule has 0 unspecified atom stereocenters. The van der Waals surface area contributed by atoms with Gasteiger partial charge in [0.25, 0.3) is 0 Å². The van der Waals surface area contributed by atoms with Gasteiger partial charge < -0.3 is 4.74 Å². The third-order valence-corrected chi connectivity index (χ3v) is 4.30. The second-order valence-electron chi connectivity index (χ2n) is 5.52. The minimum atomic E-state index is 0.418. The molecule has 2 aromatic rings. The molecule has 1 heterocycles. The molecule has 1 aromatic carbocycles. The number of aldehydes is 1. The third kappa shape index (κ3) is 2.59. The van der Waals surface area contributed by atoms with E-state index in [1.165, 1.54) is 5.69 Å². The number of rotatable bonds is 3. The highest BCUT2D eigenvalue weighted by atomic mass is 16.5. The lowest BCUT2D eigenvalue weighted by atomic mass is 9.85. The third-order valence-electron chi connectivity index (χ3n) is 4.30. The van der Waals surface area contributed by atoms with E-state index in [9.17, 15) is 4.79 Å². The van der Waals surface area contributed by atoms with Crippen LogP contribution in [0, 0.1) is 0 Å². The lowest BCUT2D eigenvalue weighted by Gasteiger charge is -2.27. The van der Waals surface area contributed by atoms with Crippen molar-refractivity contribution < 1.29 is 9.53 Å². The van der Waals surface area contributed by atoms with Gasteiger partial charge in [0, 0.05) is 29.7 Å². The Morgan fingerprint density at radius 3 is 2.65 bits per heavy atom. The van der Waals surface area contributed by atoms with Crippen molar-refractivity contribution >= 4 is 17.2 Å². The van der Waals surface area contributed by atoms with E-state index >= 15 is 0 Å². The fraction of sp³-hybridized carbons (Fsp3) is 0.412. The molecule has 0 aliphatic heterocycles. The van der Waals surface area contributed by atoms with Crippen molar-refractivity contribution in [1.82, 2.24) is 4.98 Å². The molecule has 20 heavy (non-hydrogen) atoms. The van der Waals surface area contributed by atoms with Crippen LogP contribution < -0.4 is 0 Å². The Bertz CT molecular complexity index is 615. The number of carbonyl (C=O) groups excluding carboxylic acids is 1. The molecule has 0 amide bonds. The highest BCUT2D eigenvalue weighted by Crippen LogP contribution is 2.33. The Hall–Kier alpha value is -1.74. The van der Waals surface area contributed by atoms with Crippen LogP contribution in [0.4, 0.5) is 0 Å². The summed E-state index contributed by atoms with van der Waals surface area (Å²) in [5.41, 5.74) is 2.85. The zero-order chi connectivity index (χ0) is 13.9. The highest BCUT2D eigenvalue weighted by molar-refractivity contribution is 5.86. The highest BCUT2D eigenvalue weighted by Gasteiger charge is 2.23. The topological polar surface area (TPSA) is 39.2 Å². The lowest BCUT2D eigenvalue weighted by molar-refractivity contribution is 0.0655. The number of methoxy groups -OCH3 is 1. The summed E-state index contributed by atoms with van der Waals surface area (Å²) in [6, 6.07) is 9.83. The van der Waals surface area contributed by atoms with E-state index in [0.717, 1.165) is 42.9 Å². The van der Waals surface area contributed by atoms with Crippen molar-refractivity contribution in [2.24, 2.45) is 0 Å². The van der Waals surface area contributed by atoms with Crippen molar-refractivity contribution in [3.05, 3.63) is 41.6 Å². The van der Waals surface area contributed by atoms with Crippen LogP contribution in [-0.4, -0.2) is 24.5 Å². The van der Waals surface area contributed by atoms with Gasteiger partial charge in [-0.05, 0) is 49.9 Å². The molecule has 1 saturated carbocycles. The monoisotopic (exact) mass is 269 g/mol. The smallest absolute Gasteiger partial charge is 0.150 e. The average Bonchev–Trinajstić information content (AvgIpc) is 2.54. The molecule has 0 bridgehead atoms. The number of benzene rings is 1. The normalized spacial score (nSPS) is 22.9. The molecule has 1 aromatic heterocycles. The Kier molecular flexibility index (Phi) is 3.79. The number of ether oxygens (including phenoxy) is 1. The molecular formula is C17H19NO2. The van der Waals surface area contributed by atoms with Crippen molar-refractivity contribution in [3.8, 4) is 0 Å². The summed E-state index contributed by atoms with van der Waals surface area (Å²) in [6.45, 7) is 0. The van der Waals surface area contributed by atoms with Crippen LogP contribution in [-0.2, 0) is 4.74 Å². The van der Waals surface area contributed by atoms with E-state index in [4.69, 9.17) is 9.72 Å². The van der Waals surface area contributed by atoms with Gasteiger partial charge in [0.1, 0.15) is 6.29 Å². The summed E-state index contributed by atoms with van der Waals surface area (Å²) < 4.78 is 5.42. The van der Waals surface area contributed by atoms with Gasteiger partial charge in [-0.1, -0.05) is 6.07 Å². The number of aromatic nitrogens is 1. The molecule has 0 N–H and O–H groups in total. The summed E-state index contributed by atoms with van der Waals surface area (Å²) in [6.07, 6.45) is 5.81. The van der Waals surface area contributed by atoms with Gasteiger partial charge in [-0.2, -0.15) is 0 Å². The molecule has 0 spiro atoms. The van der Waals surface area contributed by atoms with Crippen molar-refractivity contribution in [2.45, 2.75) is 37.7 Å². The van der Waals surface area contributed by atoms with Crippen LogP contribution >= 0.6 is 0 Å². The van der Waals surface area contributed by atoms with E-state index in [0.29, 0.717) is 17.6 Å². The van der Waals surface area contributed by atoms with Crippen LogP contribution in [0.25, 0.3) is 10.9 Å².